The molecule has 0 atom stereocenters. The Kier molecular flexibility index (Phi) is 4.69. The second-order valence-electron chi connectivity index (χ2n) is 3.91. The van der Waals surface area contributed by atoms with E-state index in [1.54, 1.807) is 0 Å². The smallest absolute Gasteiger partial charge is 0.352 e. The fourth-order valence-corrected chi connectivity index (χ4v) is 1.41. The third-order valence-electron chi connectivity index (χ3n) is 2.36. The van der Waals surface area contributed by atoms with Gasteiger partial charge in [0.15, 0.2) is 0 Å². The Balaban J connectivity index is 2.49. The Labute approximate surface area is 102 Å². The molecule has 6 heteroatoms. The number of rotatable bonds is 4. The summed E-state index contributed by atoms with van der Waals surface area (Å²) in [5.74, 6) is -1.34. The summed E-state index contributed by atoms with van der Waals surface area (Å²) in [4.78, 5) is 11.5. The summed E-state index contributed by atoms with van der Waals surface area (Å²) in [6.45, 7) is 1.38. The molecule has 1 N–H and O–H groups in total. The normalized spacial score (nSPS) is 11.4. The van der Waals surface area contributed by atoms with E-state index in [1.807, 2.05) is 0 Å². The first-order valence-electron chi connectivity index (χ1n) is 5.41. The summed E-state index contributed by atoms with van der Waals surface area (Å²) < 4.78 is 49.1. The highest BCUT2D eigenvalue weighted by Gasteiger charge is 2.26. The minimum Gasteiger partial charge on any atom is -0.352 e. The lowest BCUT2D eigenvalue weighted by Crippen LogP contribution is -2.26. The van der Waals surface area contributed by atoms with Crippen LogP contribution < -0.4 is 5.32 Å². The van der Waals surface area contributed by atoms with Crippen LogP contribution in [-0.2, 0) is 0 Å². The molecule has 0 radical (unpaired) electrons. The minimum absolute atomic E-state index is 0.133. The molecule has 0 aliphatic rings. The molecule has 0 heterocycles. The van der Waals surface area contributed by atoms with Crippen LogP contribution in [0.2, 0.25) is 0 Å². The zero-order valence-electron chi connectivity index (χ0n) is 9.77. The number of benzene rings is 1. The molecule has 1 aromatic carbocycles. The first kappa shape index (κ1) is 14.5. The maximum atomic E-state index is 13.5. The molecule has 1 rings (SSSR count). The van der Waals surface area contributed by atoms with Gasteiger partial charge in [-0.3, -0.25) is 4.79 Å². The molecule has 0 aliphatic heterocycles. The lowest BCUT2D eigenvalue weighted by atomic mass is 10.1. The van der Waals surface area contributed by atoms with Crippen LogP contribution in [0.5, 0.6) is 0 Å². The highest BCUT2D eigenvalue weighted by atomic mass is 19.4. The van der Waals surface area contributed by atoms with Crippen molar-refractivity contribution >= 4 is 5.91 Å². The van der Waals surface area contributed by atoms with Crippen LogP contribution in [0, 0.1) is 12.7 Å². The van der Waals surface area contributed by atoms with Crippen molar-refractivity contribution in [2.24, 2.45) is 0 Å². The maximum Gasteiger partial charge on any atom is 0.389 e. The molecule has 0 aromatic heterocycles. The summed E-state index contributed by atoms with van der Waals surface area (Å²) in [5, 5.41) is 2.26. The Bertz CT molecular complexity index is 429. The van der Waals surface area contributed by atoms with Crippen LogP contribution in [0.15, 0.2) is 18.2 Å². The maximum absolute atomic E-state index is 13.5. The van der Waals surface area contributed by atoms with Crippen molar-refractivity contribution in [1.82, 2.24) is 5.32 Å². The predicted molar refractivity (Wildman–Crippen MR) is 58.8 cm³/mol. The summed E-state index contributed by atoms with van der Waals surface area (Å²) in [5.41, 5.74) is 0.167. The number of carbonyl (C=O) groups is 1. The van der Waals surface area contributed by atoms with Crippen molar-refractivity contribution in [2.45, 2.75) is 25.9 Å². The van der Waals surface area contributed by atoms with Gasteiger partial charge in [-0.25, -0.2) is 4.39 Å². The van der Waals surface area contributed by atoms with Gasteiger partial charge in [-0.1, -0.05) is 12.1 Å². The van der Waals surface area contributed by atoms with E-state index in [0.29, 0.717) is 5.56 Å². The number of hydrogen-bond donors (Lipinski definition) is 1. The molecule has 100 valence electrons. The quantitative estimate of drug-likeness (QED) is 0.656. The van der Waals surface area contributed by atoms with E-state index < -0.39 is 24.3 Å². The zero-order chi connectivity index (χ0) is 13.8. The van der Waals surface area contributed by atoms with Crippen LogP contribution in [0.1, 0.15) is 28.8 Å². The second kappa shape index (κ2) is 5.84. The number of aryl methyl sites for hydroxylation is 1. The van der Waals surface area contributed by atoms with Gasteiger partial charge in [0.2, 0.25) is 0 Å². The molecule has 0 unspecified atom stereocenters. The van der Waals surface area contributed by atoms with Crippen LogP contribution in [0.4, 0.5) is 17.6 Å². The number of amides is 1. The average molecular weight is 263 g/mol. The van der Waals surface area contributed by atoms with E-state index in [-0.39, 0.29) is 18.5 Å². The number of halogens is 4. The Morgan fingerprint density at radius 1 is 1.33 bits per heavy atom. The lowest BCUT2D eigenvalue weighted by molar-refractivity contribution is -0.135. The molecule has 0 bridgehead atoms. The summed E-state index contributed by atoms with van der Waals surface area (Å²) in [7, 11) is 0. The monoisotopic (exact) mass is 263 g/mol. The summed E-state index contributed by atoms with van der Waals surface area (Å²) in [6, 6.07) is 4.32. The highest BCUT2D eigenvalue weighted by Crippen LogP contribution is 2.20. The first-order chi connectivity index (χ1) is 8.31. The molecular formula is C12H13F4NO. The second-order valence-corrected chi connectivity index (χ2v) is 3.91. The van der Waals surface area contributed by atoms with Gasteiger partial charge in [-0.2, -0.15) is 13.2 Å². The largest absolute Gasteiger partial charge is 0.389 e. The number of alkyl halides is 3. The third-order valence-corrected chi connectivity index (χ3v) is 2.36. The van der Waals surface area contributed by atoms with Gasteiger partial charge in [0, 0.05) is 13.0 Å². The lowest BCUT2D eigenvalue weighted by Gasteiger charge is -2.08. The first-order valence-corrected chi connectivity index (χ1v) is 5.41. The van der Waals surface area contributed by atoms with E-state index in [4.69, 9.17) is 0 Å². The van der Waals surface area contributed by atoms with Gasteiger partial charge in [0.05, 0.1) is 5.56 Å². The molecule has 0 aliphatic carbocycles. The fraction of sp³-hybridized carbons (Fsp3) is 0.417. The third kappa shape index (κ3) is 4.35. The van der Waals surface area contributed by atoms with Crippen molar-refractivity contribution < 1.29 is 22.4 Å². The van der Waals surface area contributed by atoms with Crippen molar-refractivity contribution in [3.63, 3.8) is 0 Å². The topological polar surface area (TPSA) is 29.1 Å². The van der Waals surface area contributed by atoms with Gasteiger partial charge in [0.25, 0.3) is 5.91 Å². The number of nitrogens with one attached hydrogen (secondary N) is 1. The molecule has 0 saturated heterocycles. The number of carbonyl (C=O) groups excluding carboxylic acids is 1. The molecule has 0 saturated carbocycles. The number of hydrogen-bond acceptors (Lipinski definition) is 1. The molecule has 18 heavy (non-hydrogen) atoms. The van der Waals surface area contributed by atoms with Crippen molar-refractivity contribution in [1.29, 1.82) is 0 Å². The summed E-state index contributed by atoms with van der Waals surface area (Å²) >= 11 is 0. The molecule has 0 spiro atoms. The highest BCUT2D eigenvalue weighted by molar-refractivity contribution is 5.94. The van der Waals surface area contributed by atoms with E-state index in [2.05, 4.69) is 5.32 Å². The van der Waals surface area contributed by atoms with Gasteiger partial charge >= 0.3 is 6.18 Å². The van der Waals surface area contributed by atoms with E-state index in [9.17, 15) is 22.4 Å². The standard InChI is InChI=1S/C12H13F4NO/c1-8-4-2-5-9(10(8)13)11(18)17-7-3-6-12(14,15)16/h2,4-5H,3,6-7H2,1H3,(H,17,18). The average Bonchev–Trinajstić information content (AvgIpc) is 2.26. The Morgan fingerprint density at radius 2 is 2.00 bits per heavy atom. The minimum atomic E-state index is -4.24. The van der Waals surface area contributed by atoms with Gasteiger partial charge < -0.3 is 5.32 Å². The van der Waals surface area contributed by atoms with E-state index in [0.717, 1.165) is 0 Å². The van der Waals surface area contributed by atoms with Crippen LogP contribution in [0.25, 0.3) is 0 Å². The van der Waals surface area contributed by atoms with Crippen molar-refractivity contribution in [3.05, 3.63) is 35.1 Å². The van der Waals surface area contributed by atoms with E-state index >= 15 is 0 Å². The zero-order valence-corrected chi connectivity index (χ0v) is 9.77. The van der Waals surface area contributed by atoms with Gasteiger partial charge in [-0.05, 0) is 25.0 Å². The van der Waals surface area contributed by atoms with Crippen molar-refractivity contribution in [3.8, 4) is 0 Å². The summed E-state index contributed by atoms with van der Waals surface area (Å²) in [6.07, 6.45) is -5.43. The molecule has 2 nitrogen and oxygen atoms in total. The Morgan fingerprint density at radius 3 is 2.61 bits per heavy atom. The molecule has 1 aromatic rings. The van der Waals surface area contributed by atoms with Gasteiger partial charge in [-0.15, -0.1) is 0 Å². The predicted octanol–water partition coefficient (Wildman–Crippen LogP) is 3.21. The van der Waals surface area contributed by atoms with Crippen LogP contribution >= 0.6 is 0 Å². The van der Waals surface area contributed by atoms with Crippen LogP contribution in [-0.4, -0.2) is 18.6 Å². The molecule has 1 amide bonds. The Hall–Kier alpha value is -1.59. The van der Waals surface area contributed by atoms with Crippen LogP contribution in [0.3, 0.4) is 0 Å². The SMILES string of the molecule is Cc1cccc(C(=O)NCCCC(F)(F)F)c1F. The van der Waals surface area contributed by atoms with E-state index in [1.165, 1.54) is 25.1 Å². The fourth-order valence-electron chi connectivity index (χ4n) is 1.41. The van der Waals surface area contributed by atoms with Gasteiger partial charge in [0.1, 0.15) is 5.82 Å². The molecular weight excluding hydrogens is 250 g/mol. The van der Waals surface area contributed by atoms with Crippen molar-refractivity contribution in [2.75, 3.05) is 6.54 Å². The molecule has 0 fully saturated rings.